The van der Waals surface area contributed by atoms with Crippen LogP contribution >= 0.6 is 0 Å². The molecule has 2 rings (SSSR count). The van der Waals surface area contributed by atoms with Crippen LogP contribution in [0.1, 0.15) is 47.0 Å². The van der Waals surface area contributed by atoms with E-state index in [4.69, 9.17) is 5.73 Å². The van der Waals surface area contributed by atoms with Crippen LogP contribution in [-0.4, -0.2) is 30.1 Å². The van der Waals surface area contributed by atoms with Gasteiger partial charge in [0, 0.05) is 17.5 Å². The zero-order valence-corrected chi connectivity index (χ0v) is 11.9. The van der Waals surface area contributed by atoms with E-state index in [1.54, 1.807) is 5.57 Å². The zero-order valence-electron chi connectivity index (χ0n) is 11.9. The van der Waals surface area contributed by atoms with Crippen LogP contribution in [0.2, 0.25) is 0 Å². The van der Waals surface area contributed by atoms with Gasteiger partial charge in [-0.15, -0.1) is 0 Å². The molecule has 0 aromatic carbocycles. The van der Waals surface area contributed by atoms with E-state index in [0.717, 1.165) is 0 Å². The van der Waals surface area contributed by atoms with Gasteiger partial charge in [0.05, 0.1) is 0 Å². The smallest absolute Gasteiger partial charge is 0.0163 e. The Hall–Kier alpha value is -0.340. The molecule has 98 valence electrons. The highest BCUT2D eigenvalue weighted by molar-refractivity contribution is 5.26. The number of hydrogen-bond acceptors (Lipinski definition) is 2. The Labute approximate surface area is 106 Å². The lowest BCUT2D eigenvalue weighted by Crippen LogP contribution is -2.50. The molecule has 0 bridgehead atoms. The minimum absolute atomic E-state index is 0.333. The monoisotopic (exact) mass is 236 g/mol. The van der Waals surface area contributed by atoms with E-state index in [1.165, 1.54) is 32.4 Å². The Kier molecular flexibility index (Phi) is 3.65. The topological polar surface area (TPSA) is 29.3 Å². The Morgan fingerprint density at radius 1 is 1.35 bits per heavy atom. The molecule has 1 aliphatic heterocycles. The Balaban J connectivity index is 2.15. The third-order valence-corrected chi connectivity index (χ3v) is 5.20. The molecule has 2 heteroatoms. The normalized spacial score (nSPS) is 36.2. The Morgan fingerprint density at radius 2 is 1.94 bits per heavy atom. The van der Waals surface area contributed by atoms with Crippen LogP contribution in [0, 0.1) is 11.3 Å². The molecule has 2 nitrogen and oxygen atoms in total. The minimum Gasteiger partial charge on any atom is -0.327 e. The van der Waals surface area contributed by atoms with Gasteiger partial charge in [-0.05, 0) is 59.0 Å². The van der Waals surface area contributed by atoms with E-state index in [0.29, 0.717) is 23.4 Å². The quantitative estimate of drug-likeness (QED) is 0.709. The van der Waals surface area contributed by atoms with E-state index in [-0.39, 0.29) is 0 Å². The van der Waals surface area contributed by atoms with Gasteiger partial charge in [0.1, 0.15) is 0 Å². The SMILES string of the molecule is C/C=C1\CC(C)C(N)C12CCN(C(C)C)CC2. The number of nitrogens with two attached hydrogens (primary N) is 1. The average molecular weight is 236 g/mol. The molecule has 1 saturated heterocycles. The molecule has 1 saturated carbocycles. The summed E-state index contributed by atoms with van der Waals surface area (Å²) < 4.78 is 0. The van der Waals surface area contributed by atoms with Crippen LogP contribution in [0.5, 0.6) is 0 Å². The second kappa shape index (κ2) is 4.74. The van der Waals surface area contributed by atoms with Crippen molar-refractivity contribution in [1.29, 1.82) is 0 Å². The molecule has 0 aromatic heterocycles. The average Bonchev–Trinajstić information content (AvgIpc) is 2.55. The molecule has 2 aliphatic rings. The van der Waals surface area contributed by atoms with E-state index >= 15 is 0 Å². The fraction of sp³-hybridized carbons (Fsp3) is 0.867. The van der Waals surface area contributed by atoms with Crippen molar-refractivity contribution in [3.63, 3.8) is 0 Å². The van der Waals surface area contributed by atoms with Crippen LogP contribution in [0.15, 0.2) is 11.6 Å². The summed E-state index contributed by atoms with van der Waals surface area (Å²) in [7, 11) is 0. The number of rotatable bonds is 1. The summed E-state index contributed by atoms with van der Waals surface area (Å²) in [6, 6.07) is 1.06. The molecule has 2 N–H and O–H groups in total. The van der Waals surface area contributed by atoms with E-state index in [2.05, 4.69) is 38.7 Å². The highest BCUT2D eigenvalue weighted by Crippen LogP contribution is 2.51. The van der Waals surface area contributed by atoms with Crippen LogP contribution in [0.4, 0.5) is 0 Å². The summed E-state index contributed by atoms with van der Waals surface area (Å²) in [4.78, 5) is 2.59. The highest BCUT2D eigenvalue weighted by Gasteiger charge is 2.49. The first kappa shape index (κ1) is 13.1. The Morgan fingerprint density at radius 3 is 2.41 bits per heavy atom. The van der Waals surface area contributed by atoms with E-state index in [9.17, 15) is 0 Å². The van der Waals surface area contributed by atoms with Gasteiger partial charge in [-0.25, -0.2) is 0 Å². The molecule has 1 heterocycles. The number of hydrogen-bond donors (Lipinski definition) is 1. The second-order valence-electron chi connectivity index (χ2n) is 6.31. The van der Waals surface area contributed by atoms with Crippen molar-refractivity contribution in [1.82, 2.24) is 4.90 Å². The van der Waals surface area contributed by atoms with Crippen LogP contribution in [0.25, 0.3) is 0 Å². The molecule has 2 atom stereocenters. The van der Waals surface area contributed by atoms with Gasteiger partial charge in [-0.3, -0.25) is 0 Å². The molecule has 0 radical (unpaired) electrons. The van der Waals surface area contributed by atoms with Gasteiger partial charge in [-0.1, -0.05) is 18.6 Å². The number of likely N-dealkylation sites (tertiary alicyclic amines) is 1. The second-order valence-corrected chi connectivity index (χ2v) is 6.31. The minimum atomic E-state index is 0.333. The number of nitrogens with zero attached hydrogens (tertiary/aromatic N) is 1. The van der Waals surface area contributed by atoms with Crippen molar-refractivity contribution in [2.45, 2.75) is 59.0 Å². The lowest BCUT2D eigenvalue weighted by molar-refractivity contribution is 0.0933. The van der Waals surface area contributed by atoms with Crippen molar-refractivity contribution >= 4 is 0 Å². The van der Waals surface area contributed by atoms with Gasteiger partial charge in [-0.2, -0.15) is 0 Å². The van der Waals surface area contributed by atoms with Gasteiger partial charge < -0.3 is 10.6 Å². The van der Waals surface area contributed by atoms with Gasteiger partial charge in [0.2, 0.25) is 0 Å². The highest BCUT2D eigenvalue weighted by atomic mass is 15.2. The third-order valence-electron chi connectivity index (χ3n) is 5.20. The first-order valence-electron chi connectivity index (χ1n) is 7.16. The maximum atomic E-state index is 6.52. The predicted molar refractivity (Wildman–Crippen MR) is 73.9 cm³/mol. The molecule has 17 heavy (non-hydrogen) atoms. The molecule has 2 fully saturated rings. The van der Waals surface area contributed by atoms with Crippen molar-refractivity contribution in [2.75, 3.05) is 13.1 Å². The first-order valence-corrected chi connectivity index (χ1v) is 7.16. The van der Waals surface area contributed by atoms with Crippen molar-refractivity contribution < 1.29 is 0 Å². The summed E-state index contributed by atoms with van der Waals surface area (Å²) in [6.45, 7) is 11.5. The first-order chi connectivity index (χ1) is 8.01. The van der Waals surface area contributed by atoms with Crippen LogP contribution < -0.4 is 5.73 Å². The largest absolute Gasteiger partial charge is 0.327 e. The van der Waals surface area contributed by atoms with Gasteiger partial charge in [0.25, 0.3) is 0 Å². The molecular formula is C15H28N2. The number of piperidine rings is 1. The van der Waals surface area contributed by atoms with Crippen molar-refractivity contribution in [3.05, 3.63) is 11.6 Å². The fourth-order valence-corrected chi connectivity index (χ4v) is 3.94. The maximum absolute atomic E-state index is 6.52. The third kappa shape index (κ3) is 2.06. The lowest BCUT2D eigenvalue weighted by atomic mass is 9.70. The molecule has 2 unspecified atom stereocenters. The fourth-order valence-electron chi connectivity index (χ4n) is 3.94. The summed E-state index contributed by atoms with van der Waals surface area (Å²) in [6.07, 6.45) is 6.08. The van der Waals surface area contributed by atoms with Gasteiger partial charge in [0.15, 0.2) is 0 Å². The predicted octanol–water partition coefficient (Wildman–Crippen LogP) is 2.79. The standard InChI is InChI=1S/C15H28N2/c1-5-13-10-12(4)14(16)15(13)6-8-17(9-7-15)11(2)3/h5,11-12,14H,6-10,16H2,1-4H3/b13-5+. The molecule has 1 aliphatic carbocycles. The molecule has 0 amide bonds. The summed E-state index contributed by atoms with van der Waals surface area (Å²) in [5.41, 5.74) is 8.49. The summed E-state index contributed by atoms with van der Waals surface area (Å²) in [5, 5.41) is 0. The van der Waals surface area contributed by atoms with Crippen molar-refractivity contribution in [3.8, 4) is 0 Å². The van der Waals surface area contributed by atoms with E-state index in [1.807, 2.05) is 0 Å². The molecule has 0 aromatic rings. The number of allylic oxidation sites excluding steroid dienone is 1. The van der Waals surface area contributed by atoms with Crippen LogP contribution in [0.3, 0.4) is 0 Å². The summed E-state index contributed by atoms with van der Waals surface area (Å²) in [5.74, 6) is 0.659. The molecular weight excluding hydrogens is 208 g/mol. The zero-order chi connectivity index (χ0) is 12.6. The maximum Gasteiger partial charge on any atom is 0.0163 e. The summed E-state index contributed by atoms with van der Waals surface area (Å²) >= 11 is 0. The Bertz CT molecular complexity index is 298. The van der Waals surface area contributed by atoms with Gasteiger partial charge >= 0.3 is 0 Å². The van der Waals surface area contributed by atoms with E-state index < -0.39 is 0 Å². The van der Waals surface area contributed by atoms with Crippen molar-refractivity contribution in [2.24, 2.45) is 17.1 Å². The van der Waals surface area contributed by atoms with Crippen LogP contribution in [-0.2, 0) is 0 Å². The lowest BCUT2D eigenvalue weighted by Gasteiger charge is -2.45. The molecule has 1 spiro atoms.